The van der Waals surface area contributed by atoms with Gasteiger partial charge in [-0.15, -0.1) is 0 Å². The van der Waals surface area contributed by atoms with Crippen LogP contribution in [0, 0.1) is 5.82 Å². The molecule has 0 saturated carbocycles. The number of hydrogen-bond acceptors (Lipinski definition) is 1. The first-order valence-electron chi connectivity index (χ1n) is 4.52. The van der Waals surface area contributed by atoms with Crippen LogP contribution in [0.4, 0.5) is 4.39 Å². The summed E-state index contributed by atoms with van der Waals surface area (Å²) >= 11 is 6.44. The van der Waals surface area contributed by atoms with E-state index in [0.29, 0.717) is 11.0 Å². The predicted octanol–water partition coefficient (Wildman–Crippen LogP) is 4.15. The fourth-order valence-electron chi connectivity index (χ4n) is 1.16. The maximum absolute atomic E-state index is 13.0. The monoisotopic (exact) mass is 335 g/mol. The first kappa shape index (κ1) is 12.9. The van der Waals surface area contributed by atoms with Gasteiger partial charge in [0.1, 0.15) is 5.82 Å². The minimum Gasteiger partial charge on any atom is -0.306 e. The van der Waals surface area contributed by atoms with Crippen molar-refractivity contribution in [2.75, 3.05) is 6.54 Å². The molecule has 0 saturated heterocycles. The van der Waals surface area contributed by atoms with E-state index in [2.05, 4.69) is 43.8 Å². The highest BCUT2D eigenvalue weighted by molar-refractivity contribution is 9.11. The van der Waals surface area contributed by atoms with Crippen molar-refractivity contribution in [3.63, 3.8) is 0 Å². The van der Waals surface area contributed by atoms with E-state index >= 15 is 0 Å². The minimum atomic E-state index is -0.240. The Labute approximate surface area is 106 Å². The quantitative estimate of drug-likeness (QED) is 0.871. The Hall–Kier alpha value is -0.190. The van der Waals surface area contributed by atoms with E-state index in [1.165, 1.54) is 6.07 Å². The van der Waals surface area contributed by atoms with E-state index in [-0.39, 0.29) is 11.9 Å². The van der Waals surface area contributed by atoms with Crippen LogP contribution in [0.2, 0.25) is 0 Å². The zero-order chi connectivity index (χ0) is 11.4. The summed E-state index contributed by atoms with van der Waals surface area (Å²) < 4.78 is 14.4. The van der Waals surface area contributed by atoms with E-state index in [4.69, 9.17) is 0 Å². The van der Waals surface area contributed by atoms with Crippen LogP contribution in [0.1, 0.15) is 18.5 Å². The summed E-state index contributed by atoms with van der Waals surface area (Å²) in [6.45, 7) is 6.45. The molecule has 1 nitrogen and oxygen atoms in total. The summed E-state index contributed by atoms with van der Waals surface area (Å²) in [5.41, 5.74) is 1.04. The Morgan fingerprint density at radius 1 is 1.60 bits per heavy atom. The number of nitrogens with one attached hydrogen (secondary N) is 1. The molecule has 1 unspecified atom stereocenters. The third kappa shape index (κ3) is 4.05. The zero-order valence-electron chi connectivity index (χ0n) is 8.36. The molecular weight excluding hydrogens is 325 g/mol. The van der Waals surface area contributed by atoms with Crippen molar-refractivity contribution >= 4 is 31.9 Å². The number of rotatable bonds is 4. The zero-order valence-corrected chi connectivity index (χ0v) is 11.5. The third-order valence-electron chi connectivity index (χ3n) is 2.04. The van der Waals surface area contributed by atoms with Crippen LogP contribution < -0.4 is 5.32 Å². The van der Waals surface area contributed by atoms with Gasteiger partial charge in [0.15, 0.2) is 0 Å². The Balaban J connectivity index is 2.69. The van der Waals surface area contributed by atoms with Gasteiger partial charge in [0.05, 0.1) is 4.47 Å². The van der Waals surface area contributed by atoms with Crippen LogP contribution in [0.3, 0.4) is 0 Å². The lowest BCUT2D eigenvalue weighted by molar-refractivity contribution is 0.601. The average molecular weight is 337 g/mol. The number of benzene rings is 1. The first-order valence-corrected chi connectivity index (χ1v) is 6.11. The molecule has 0 amide bonds. The fraction of sp³-hybridized carbons (Fsp3) is 0.273. The van der Waals surface area contributed by atoms with Crippen molar-refractivity contribution in [2.45, 2.75) is 13.0 Å². The van der Waals surface area contributed by atoms with Gasteiger partial charge in [0.2, 0.25) is 0 Å². The van der Waals surface area contributed by atoms with Gasteiger partial charge < -0.3 is 5.32 Å². The van der Waals surface area contributed by atoms with Crippen LogP contribution in [-0.2, 0) is 0 Å². The molecule has 0 radical (unpaired) electrons. The van der Waals surface area contributed by atoms with Crippen molar-refractivity contribution in [3.05, 3.63) is 45.1 Å². The van der Waals surface area contributed by atoms with Crippen molar-refractivity contribution in [3.8, 4) is 0 Å². The summed E-state index contributed by atoms with van der Waals surface area (Å²) in [6, 6.07) is 5.18. The molecule has 0 aliphatic heterocycles. The molecule has 1 rings (SSSR count). The van der Waals surface area contributed by atoms with Crippen LogP contribution in [0.15, 0.2) is 33.7 Å². The smallest absolute Gasteiger partial charge is 0.137 e. The Kier molecular flexibility index (Phi) is 4.96. The standard InChI is InChI=1S/C11H12Br2FN/c1-7(12)6-15-8(2)9-3-4-11(14)10(13)5-9/h3-5,8,15H,1,6H2,2H3. The summed E-state index contributed by atoms with van der Waals surface area (Å²) in [5, 5.41) is 3.26. The van der Waals surface area contributed by atoms with Gasteiger partial charge in [-0.2, -0.15) is 0 Å². The molecular formula is C11H12Br2FN. The van der Waals surface area contributed by atoms with E-state index in [9.17, 15) is 4.39 Å². The summed E-state index contributed by atoms with van der Waals surface area (Å²) in [5.74, 6) is -0.240. The van der Waals surface area contributed by atoms with Crippen LogP contribution >= 0.6 is 31.9 Å². The van der Waals surface area contributed by atoms with Gasteiger partial charge in [-0.05, 0) is 40.5 Å². The fourth-order valence-corrected chi connectivity index (χ4v) is 1.72. The highest BCUT2D eigenvalue weighted by Gasteiger charge is 2.07. The molecule has 1 aromatic rings. The SMILES string of the molecule is C=C(Br)CNC(C)c1ccc(F)c(Br)c1. The molecule has 0 heterocycles. The molecule has 0 spiro atoms. The Morgan fingerprint density at radius 2 is 2.27 bits per heavy atom. The van der Waals surface area contributed by atoms with Gasteiger partial charge in [-0.3, -0.25) is 0 Å². The molecule has 1 N–H and O–H groups in total. The highest BCUT2D eigenvalue weighted by Crippen LogP contribution is 2.21. The maximum Gasteiger partial charge on any atom is 0.137 e. The molecule has 1 aromatic carbocycles. The lowest BCUT2D eigenvalue weighted by atomic mass is 10.1. The van der Waals surface area contributed by atoms with Crippen molar-refractivity contribution in [1.82, 2.24) is 5.32 Å². The second kappa shape index (κ2) is 5.77. The predicted molar refractivity (Wildman–Crippen MR) is 68.6 cm³/mol. The molecule has 0 bridgehead atoms. The van der Waals surface area contributed by atoms with Crippen molar-refractivity contribution in [1.29, 1.82) is 0 Å². The average Bonchev–Trinajstić information content (AvgIpc) is 2.18. The van der Waals surface area contributed by atoms with Gasteiger partial charge in [0, 0.05) is 17.1 Å². The summed E-state index contributed by atoms with van der Waals surface area (Å²) in [4.78, 5) is 0. The van der Waals surface area contributed by atoms with Gasteiger partial charge >= 0.3 is 0 Å². The van der Waals surface area contributed by atoms with Crippen molar-refractivity contribution in [2.24, 2.45) is 0 Å². The van der Waals surface area contributed by atoms with Crippen LogP contribution in [0.5, 0.6) is 0 Å². The molecule has 0 aliphatic rings. The lowest BCUT2D eigenvalue weighted by Gasteiger charge is -2.14. The summed E-state index contributed by atoms with van der Waals surface area (Å²) in [6.07, 6.45) is 0. The topological polar surface area (TPSA) is 12.0 Å². The van der Waals surface area contributed by atoms with Crippen LogP contribution in [0.25, 0.3) is 0 Å². The number of halogens is 3. The number of hydrogen-bond donors (Lipinski definition) is 1. The molecule has 0 aliphatic carbocycles. The molecule has 0 fully saturated rings. The third-order valence-corrected chi connectivity index (χ3v) is 2.93. The molecule has 4 heteroatoms. The second-order valence-corrected chi connectivity index (χ2v) is 5.27. The second-order valence-electron chi connectivity index (χ2n) is 3.29. The molecule has 15 heavy (non-hydrogen) atoms. The summed E-state index contributed by atoms with van der Waals surface area (Å²) in [7, 11) is 0. The van der Waals surface area contributed by atoms with E-state index in [1.54, 1.807) is 12.1 Å². The maximum atomic E-state index is 13.0. The highest BCUT2D eigenvalue weighted by atomic mass is 79.9. The van der Waals surface area contributed by atoms with E-state index < -0.39 is 0 Å². The van der Waals surface area contributed by atoms with Gasteiger partial charge in [-0.1, -0.05) is 28.6 Å². The molecule has 0 aromatic heterocycles. The molecule has 1 atom stereocenters. The normalized spacial score (nSPS) is 12.5. The molecule has 82 valence electrons. The van der Waals surface area contributed by atoms with E-state index in [0.717, 1.165) is 10.0 Å². The Bertz CT molecular complexity index is 366. The van der Waals surface area contributed by atoms with Crippen molar-refractivity contribution < 1.29 is 4.39 Å². The minimum absolute atomic E-state index is 0.163. The van der Waals surface area contributed by atoms with Crippen LogP contribution in [-0.4, -0.2) is 6.54 Å². The van der Waals surface area contributed by atoms with Gasteiger partial charge in [0.25, 0.3) is 0 Å². The van der Waals surface area contributed by atoms with Gasteiger partial charge in [-0.25, -0.2) is 4.39 Å². The first-order chi connectivity index (χ1) is 7.00. The van der Waals surface area contributed by atoms with E-state index in [1.807, 2.05) is 6.92 Å². The lowest BCUT2D eigenvalue weighted by Crippen LogP contribution is -2.19. The largest absolute Gasteiger partial charge is 0.306 e. The Morgan fingerprint density at radius 3 is 2.80 bits per heavy atom.